The Morgan fingerprint density at radius 2 is 1.94 bits per heavy atom. The fourth-order valence-corrected chi connectivity index (χ4v) is 3.76. The molecule has 33 heavy (non-hydrogen) atoms. The summed E-state index contributed by atoms with van der Waals surface area (Å²) < 4.78 is 5.40. The first-order valence-electron chi connectivity index (χ1n) is 11.7. The number of amides is 2. The molecule has 0 radical (unpaired) electrons. The number of aromatic amines is 1. The van der Waals surface area contributed by atoms with E-state index in [1.807, 2.05) is 18.2 Å². The number of hydroxylamine groups is 1. The molecular formula is C24H33N3O6. The SMILES string of the molecule is O=C(O)CCc1ccc2[nH]c(C(=O)NCCCCCCC(=O)NOC3CCCCO3)cc2c1. The summed E-state index contributed by atoms with van der Waals surface area (Å²) >= 11 is 0. The number of carboxylic acids is 1. The standard InChI is InChI=1S/C24H33N3O6/c28-21(27-33-23-8-4-6-14-32-23)7-3-1-2-5-13-25-24(31)20-16-18-15-17(10-12-22(29)30)9-11-19(18)26-20/h9,11,15-16,23,26H,1-8,10,12-14H2,(H,25,31)(H,27,28)(H,29,30). The summed E-state index contributed by atoms with van der Waals surface area (Å²) in [5, 5.41) is 12.6. The Morgan fingerprint density at radius 3 is 2.73 bits per heavy atom. The van der Waals surface area contributed by atoms with Gasteiger partial charge in [0.05, 0.1) is 0 Å². The first-order chi connectivity index (χ1) is 16.0. The number of nitrogens with one attached hydrogen (secondary N) is 3. The maximum Gasteiger partial charge on any atom is 0.303 e. The molecule has 180 valence electrons. The molecule has 0 saturated carbocycles. The number of hydrogen-bond donors (Lipinski definition) is 4. The van der Waals surface area contributed by atoms with Crippen molar-refractivity contribution in [1.29, 1.82) is 0 Å². The fourth-order valence-electron chi connectivity index (χ4n) is 3.76. The van der Waals surface area contributed by atoms with Crippen LogP contribution in [0.5, 0.6) is 0 Å². The molecule has 1 saturated heterocycles. The van der Waals surface area contributed by atoms with Gasteiger partial charge in [-0.15, -0.1) is 0 Å². The number of aryl methyl sites for hydroxylation is 1. The van der Waals surface area contributed by atoms with Crippen LogP contribution in [0.1, 0.15) is 73.8 Å². The third kappa shape index (κ3) is 8.51. The second-order valence-electron chi connectivity index (χ2n) is 8.36. The molecule has 1 aliphatic heterocycles. The van der Waals surface area contributed by atoms with Crippen molar-refractivity contribution in [3.63, 3.8) is 0 Å². The molecule has 1 atom stereocenters. The number of aromatic nitrogens is 1. The molecule has 1 unspecified atom stereocenters. The van der Waals surface area contributed by atoms with Gasteiger partial charge in [0.2, 0.25) is 5.91 Å². The van der Waals surface area contributed by atoms with Crippen LogP contribution in [-0.4, -0.2) is 47.3 Å². The minimum absolute atomic E-state index is 0.0805. The van der Waals surface area contributed by atoms with Gasteiger partial charge in [-0.1, -0.05) is 18.9 Å². The number of ether oxygens (including phenoxy) is 1. The van der Waals surface area contributed by atoms with Crippen LogP contribution in [0.25, 0.3) is 10.9 Å². The first kappa shape index (κ1) is 24.7. The zero-order valence-electron chi connectivity index (χ0n) is 18.9. The summed E-state index contributed by atoms with van der Waals surface area (Å²) in [5.74, 6) is -1.13. The highest BCUT2D eigenvalue weighted by Gasteiger charge is 2.15. The first-order valence-corrected chi connectivity index (χ1v) is 11.7. The van der Waals surface area contributed by atoms with Gasteiger partial charge in [0.25, 0.3) is 5.91 Å². The van der Waals surface area contributed by atoms with Gasteiger partial charge in [-0.05, 0) is 55.9 Å². The lowest BCUT2D eigenvalue weighted by molar-refractivity contribution is -0.200. The average Bonchev–Trinajstić information content (AvgIpc) is 3.25. The van der Waals surface area contributed by atoms with Gasteiger partial charge in [-0.25, -0.2) is 10.3 Å². The predicted octanol–water partition coefficient (Wildman–Crippen LogP) is 3.44. The summed E-state index contributed by atoms with van der Waals surface area (Å²) in [4.78, 5) is 43.3. The normalized spacial score (nSPS) is 15.9. The highest BCUT2D eigenvalue weighted by molar-refractivity contribution is 5.98. The number of carbonyl (C=O) groups is 3. The van der Waals surface area contributed by atoms with Gasteiger partial charge in [0, 0.05) is 43.3 Å². The maximum atomic E-state index is 12.4. The van der Waals surface area contributed by atoms with Crippen LogP contribution < -0.4 is 10.8 Å². The number of rotatable bonds is 13. The van der Waals surface area contributed by atoms with Crippen LogP contribution in [-0.2, 0) is 25.6 Å². The van der Waals surface area contributed by atoms with E-state index in [0.717, 1.165) is 61.4 Å². The van der Waals surface area contributed by atoms with Gasteiger partial charge >= 0.3 is 5.97 Å². The number of benzene rings is 1. The van der Waals surface area contributed by atoms with Crippen LogP contribution in [0.4, 0.5) is 0 Å². The fraction of sp³-hybridized carbons (Fsp3) is 0.542. The summed E-state index contributed by atoms with van der Waals surface area (Å²) in [6.45, 7) is 1.24. The Labute approximate surface area is 193 Å². The average molecular weight is 460 g/mol. The van der Waals surface area contributed by atoms with E-state index >= 15 is 0 Å². The molecule has 1 aromatic heterocycles. The van der Waals surface area contributed by atoms with Crippen molar-refractivity contribution in [3.05, 3.63) is 35.5 Å². The summed E-state index contributed by atoms with van der Waals surface area (Å²) in [7, 11) is 0. The zero-order chi connectivity index (χ0) is 23.5. The maximum absolute atomic E-state index is 12.4. The van der Waals surface area contributed by atoms with Crippen molar-refractivity contribution in [2.45, 2.75) is 70.5 Å². The number of carboxylic acid groups (broad SMARTS) is 1. The Hall–Kier alpha value is -2.91. The van der Waals surface area contributed by atoms with Gasteiger partial charge in [0.1, 0.15) is 5.69 Å². The molecule has 0 spiro atoms. The Kier molecular flexibility index (Phi) is 9.71. The molecule has 1 aliphatic rings. The number of H-pyrrole nitrogens is 1. The van der Waals surface area contributed by atoms with Gasteiger partial charge < -0.3 is 20.1 Å². The number of hydrogen-bond acceptors (Lipinski definition) is 5. The van der Waals surface area contributed by atoms with E-state index in [-0.39, 0.29) is 24.5 Å². The molecule has 9 nitrogen and oxygen atoms in total. The minimum Gasteiger partial charge on any atom is -0.481 e. The molecule has 9 heteroatoms. The lowest BCUT2D eigenvalue weighted by atomic mass is 10.1. The van der Waals surface area contributed by atoms with E-state index in [1.165, 1.54) is 0 Å². The van der Waals surface area contributed by atoms with Gasteiger partial charge in [-0.2, -0.15) is 0 Å². The van der Waals surface area contributed by atoms with E-state index in [9.17, 15) is 14.4 Å². The smallest absolute Gasteiger partial charge is 0.303 e. The highest BCUT2D eigenvalue weighted by atomic mass is 16.8. The largest absolute Gasteiger partial charge is 0.481 e. The summed E-state index contributed by atoms with van der Waals surface area (Å²) in [6, 6.07) is 7.44. The van der Waals surface area contributed by atoms with E-state index in [0.29, 0.717) is 31.7 Å². The van der Waals surface area contributed by atoms with Crippen molar-refractivity contribution in [1.82, 2.24) is 15.8 Å². The lowest BCUT2D eigenvalue weighted by Gasteiger charge is -2.22. The Balaban J connectivity index is 1.27. The van der Waals surface area contributed by atoms with E-state index < -0.39 is 5.97 Å². The lowest BCUT2D eigenvalue weighted by Crippen LogP contribution is -2.32. The number of aliphatic carboxylic acids is 1. The molecule has 1 aromatic carbocycles. The molecule has 2 heterocycles. The molecule has 0 bridgehead atoms. The molecule has 1 fully saturated rings. The Bertz CT molecular complexity index is 935. The van der Waals surface area contributed by atoms with Crippen LogP contribution >= 0.6 is 0 Å². The Morgan fingerprint density at radius 1 is 1.09 bits per heavy atom. The van der Waals surface area contributed by atoms with Crippen LogP contribution in [0.2, 0.25) is 0 Å². The monoisotopic (exact) mass is 459 g/mol. The van der Waals surface area contributed by atoms with Crippen LogP contribution in [0.3, 0.4) is 0 Å². The minimum atomic E-state index is -0.828. The van der Waals surface area contributed by atoms with Crippen molar-refractivity contribution in [2.24, 2.45) is 0 Å². The topological polar surface area (TPSA) is 130 Å². The second-order valence-corrected chi connectivity index (χ2v) is 8.36. The summed E-state index contributed by atoms with van der Waals surface area (Å²) in [6.07, 6.45) is 6.91. The molecule has 2 amide bonds. The van der Waals surface area contributed by atoms with Crippen molar-refractivity contribution < 1.29 is 29.1 Å². The van der Waals surface area contributed by atoms with Crippen molar-refractivity contribution in [2.75, 3.05) is 13.2 Å². The zero-order valence-corrected chi connectivity index (χ0v) is 18.9. The third-order valence-electron chi connectivity index (χ3n) is 5.62. The van der Waals surface area contributed by atoms with Crippen LogP contribution in [0.15, 0.2) is 24.3 Å². The highest BCUT2D eigenvalue weighted by Crippen LogP contribution is 2.18. The molecule has 0 aliphatic carbocycles. The molecular weight excluding hydrogens is 426 g/mol. The van der Waals surface area contributed by atoms with Gasteiger partial charge in [-0.3, -0.25) is 14.4 Å². The van der Waals surface area contributed by atoms with Gasteiger partial charge in [0.15, 0.2) is 6.29 Å². The quantitative estimate of drug-likeness (QED) is 0.268. The van der Waals surface area contributed by atoms with E-state index in [4.69, 9.17) is 14.7 Å². The van der Waals surface area contributed by atoms with Crippen molar-refractivity contribution >= 4 is 28.7 Å². The second kappa shape index (κ2) is 13.0. The number of unbranched alkanes of at least 4 members (excludes halogenated alkanes) is 3. The van der Waals surface area contributed by atoms with Crippen LogP contribution in [0, 0.1) is 0 Å². The van der Waals surface area contributed by atoms with E-state index in [2.05, 4.69) is 15.8 Å². The van der Waals surface area contributed by atoms with Crippen molar-refractivity contribution in [3.8, 4) is 0 Å². The molecule has 4 N–H and O–H groups in total. The summed E-state index contributed by atoms with van der Waals surface area (Å²) in [5.41, 5.74) is 4.72. The molecule has 2 aromatic rings. The third-order valence-corrected chi connectivity index (χ3v) is 5.62. The molecule has 3 rings (SSSR count). The predicted molar refractivity (Wildman–Crippen MR) is 122 cm³/mol. The number of carbonyl (C=O) groups excluding carboxylic acids is 2. The van der Waals surface area contributed by atoms with E-state index in [1.54, 1.807) is 6.07 Å². The number of fused-ring (bicyclic) bond motifs is 1.